The van der Waals surface area contributed by atoms with E-state index in [2.05, 4.69) is 84.5 Å². The van der Waals surface area contributed by atoms with Crippen molar-refractivity contribution < 1.29 is 14.0 Å². The van der Waals surface area contributed by atoms with Crippen LogP contribution in [0.15, 0.2) is 121 Å². The smallest absolute Gasteiger partial charge is 0.251 e. The molecular weight excluding hydrogens is 622 g/mol. The van der Waals surface area contributed by atoms with Crippen LogP contribution in [0.25, 0.3) is 11.8 Å². The summed E-state index contributed by atoms with van der Waals surface area (Å²) in [6, 6.07) is 35.9. The minimum absolute atomic E-state index is 0.152. The van der Waals surface area contributed by atoms with Crippen LogP contribution in [0.3, 0.4) is 0 Å². The average Bonchev–Trinajstić information content (AvgIpc) is 3.55. The van der Waals surface area contributed by atoms with Crippen LogP contribution >= 0.6 is 11.6 Å². The molecule has 0 bridgehead atoms. The van der Waals surface area contributed by atoms with Crippen molar-refractivity contribution in [3.05, 3.63) is 154 Å². The largest absolute Gasteiger partial charge is 0.407 e. The Labute approximate surface area is 283 Å². The summed E-state index contributed by atoms with van der Waals surface area (Å²) >= 11 is 6.92. The number of hydrogen-bond donors (Lipinski definition) is 2. The summed E-state index contributed by atoms with van der Waals surface area (Å²) in [7, 11) is -0.436. The maximum Gasteiger partial charge on any atom is 0.251 e. The molecule has 0 aliphatic rings. The Bertz CT molecular complexity index is 1810. The number of aromatic nitrogens is 1. The van der Waals surface area contributed by atoms with E-state index >= 15 is 0 Å². The lowest BCUT2D eigenvalue weighted by molar-refractivity contribution is -0.116. The molecule has 0 unspecified atom stereocenters. The maximum absolute atomic E-state index is 12.8. The Balaban J connectivity index is 1.40. The Hall–Kier alpha value is -4.69. The van der Waals surface area contributed by atoms with Gasteiger partial charge >= 0.3 is 0 Å². The maximum atomic E-state index is 12.8. The third-order valence-electron chi connectivity index (χ3n) is 7.95. The van der Waals surface area contributed by atoms with E-state index in [1.165, 1.54) is 16.4 Å². The normalized spacial score (nSPS) is 11.6. The highest BCUT2D eigenvalue weighted by molar-refractivity contribution is 6.80. The molecule has 1 heterocycles. The van der Waals surface area contributed by atoms with E-state index in [9.17, 15) is 9.59 Å². The van der Waals surface area contributed by atoms with Crippen LogP contribution in [-0.4, -0.2) is 32.5 Å². The Morgan fingerprint density at radius 1 is 0.851 bits per heavy atom. The molecular formula is C39H40ClN3O3Si. The van der Waals surface area contributed by atoms with E-state index < -0.39 is 9.04 Å². The fourth-order valence-corrected chi connectivity index (χ4v) is 8.40. The van der Waals surface area contributed by atoms with Gasteiger partial charge in [-0.3, -0.25) is 9.59 Å². The first-order valence-corrected chi connectivity index (χ1v) is 17.6. The molecule has 0 spiro atoms. The van der Waals surface area contributed by atoms with Crippen molar-refractivity contribution in [2.24, 2.45) is 0 Å². The second kappa shape index (κ2) is 15.3. The highest BCUT2D eigenvalue weighted by atomic mass is 35.5. The number of hydrogen-bond acceptors (Lipinski definition) is 3. The number of halogens is 1. The van der Waals surface area contributed by atoms with Gasteiger partial charge in [0.2, 0.25) is 14.9 Å². The third-order valence-corrected chi connectivity index (χ3v) is 10.7. The van der Waals surface area contributed by atoms with Gasteiger partial charge in [0.15, 0.2) is 0 Å². The van der Waals surface area contributed by atoms with Gasteiger partial charge in [0.05, 0.1) is 18.8 Å². The Kier molecular flexibility index (Phi) is 10.9. The number of nitrogens with one attached hydrogen (secondary N) is 2. The molecule has 8 heteroatoms. The van der Waals surface area contributed by atoms with Gasteiger partial charge in [-0.2, -0.15) is 0 Å². The number of nitrogens with zero attached hydrogens (tertiary/aromatic N) is 1. The SMILES string of the molecule is CNC(=O)c1ccc(C=CC(=O)NCc2cccn2-c2ccc(Cl)c(C(C)(C)C)c2CO[SiH](c2ccccc2)c2ccccc2)cc1. The summed E-state index contributed by atoms with van der Waals surface area (Å²) in [5, 5.41) is 8.73. The summed E-state index contributed by atoms with van der Waals surface area (Å²) < 4.78 is 9.04. The summed E-state index contributed by atoms with van der Waals surface area (Å²) in [5.41, 5.74) is 5.10. The lowest BCUT2D eigenvalue weighted by Gasteiger charge is -2.28. The van der Waals surface area contributed by atoms with Crippen LogP contribution in [0.5, 0.6) is 0 Å². The predicted molar refractivity (Wildman–Crippen MR) is 194 cm³/mol. The van der Waals surface area contributed by atoms with E-state index in [-0.39, 0.29) is 17.2 Å². The first-order valence-electron chi connectivity index (χ1n) is 15.6. The van der Waals surface area contributed by atoms with Crippen LogP contribution in [0.2, 0.25) is 5.02 Å². The number of rotatable bonds is 11. The summed E-state index contributed by atoms with van der Waals surface area (Å²) in [4.78, 5) is 24.6. The fourth-order valence-electron chi connectivity index (χ4n) is 5.69. The predicted octanol–water partition coefficient (Wildman–Crippen LogP) is 6.17. The van der Waals surface area contributed by atoms with Crippen molar-refractivity contribution in [3.8, 4) is 5.69 Å². The zero-order valence-corrected chi connectivity index (χ0v) is 29.1. The van der Waals surface area contributed by atoms with Gasteiger partial charge in [-0.25, -0.2) is 0 Å². The van der Waals surface area contributed by atoms with Crippen molar-refractivity contribution in [1.29, 1.82) is 0 Å². The molecule has 0 saturated carbocycles. The van der Waals surface area contributed by atoms with Gasteiger partial charge in [0.1, 0.15) is 0 Å². The lowest BCUT2D eigenvalue weighted by Crippen LogP contribution is -2.44. The fraction of sp³-hybridized carbons (Fsp3) is 0.179. The molecule has 5 rings (SSSR count). The highest BCUT2D eigenvalue weighted by Crippen LogP contribution is 2.37. The molecule has 0 saturated heterocycles. The minimum atomic E-state index is -2.03. The van der Waals surface area contributed by atoms with Crippen LogP contribution in [0.1, 0.15) is 53.5 Å². The minimum Gasteiger partial charge on any atom is -0.407 e. The van der Waals surface area contributed by atoms with E-state index in [4.69, 9.17) is 16.0 Å². The third kappa shape index (κ3) is 8.37. The van der Waals surface area contributed by atoms with Gasteiger partial charge in [0, 0.05) is 41.2 Å². The molecule has 240 valence electrons. The first-order chi connectivity index (χ1) is 22.7. The van der Waals surface area contributed by atoms with Crippen LogP contribution in [0.4, 0.5) is 0 Å². The first kappa shape index (κ1) is 33.7. The standard InChI is InChI=1S/C39H40ClN3O3Si/c1-39(2,3)37-33(27-46-47(31-13-7-5-8-14-31)32-15-9-6-10-16-32)35(23-22-34(37)40)43-25-11-12-30(43)26-42-36(44)24-19-28-17-20-29(21-18-28)38(45)41-4/h5-25,47H,26-27H2,1-4H3,(H,41,45)(H,42,44). The molecule has 1 aromatic heterocycles. The quantitative estimate of drug-likeness (QED) is 0.131. The van der Waals surface area contributed by atoms with Crippen molar-refractivity contribution in [1.82, 2.24) is 15.2 Å². The summed E-state index contributed by atoms with van der Waals surface area (Å²) in [6.45, 7) is 7.21. The highest BCUT2D eigenvalue weighted by Gasteiger charge is 2.27. The molecule has 5 aromatic rings. The second-order valence-electron chi connectivity index (χ2n) is 12.3. The summed E-state index contributed by atoms with van der Waals surface area (Å²) in [6.07, 6.45) is 5.24. The zero-order valence-electron chi connectivity index (χ0n) is 27.2. The van der Waals surface area contributed by atoms with Crippen molar-refractivity contribution in [3.63, 3.8) is 0 Å². The molecule has 0 aliphatic carbocycles. The van der Waals surface area contributed by atoms with Gasteiger partial charge < -0.3 is 19.6 Å². The second-order valence-corrected chi connectivity index (χ2v) is 15.1. The van der Waals surface area contributed by atoms with E-state index in [1.807, 2.05) is 42.6 Å². The molecule has 4 aromatic carbocycles. The lowest BCUT2D eigenvalue weighted by atomic mass is 9.83. The topological polar surface area (TPSA) is 72.4 Å². The molecule has 0 aliphatic heterocycles. The Morgan fingerprint density at radius 3 is 2.09 bits per heavy atom. The van der Waals surface area contributed by atoms with Gasteiger partial charge in [0.25, 0.3) is 5.91 Å². The Morgan fingerprint density at radius 2 is 1.49 bits per heavy atom. The number of carbonyl (C=O) groups is 2. The number of carbonyl (C=O) groups excluding carboxylic acids is 2. The molecule has 0 fully saturated rings. The van der Waals surface area contributed by atoms with E-state index in [0.717, 1.165) is 28.1 Å². The molecule has 2 amide bonds. The van der Waals surface area contributed by atoms with Crippen molar-refractivity contribution in [2.45, 2.75) is 39.3 Å². The van der Waals surface area contributed by atoms with Crippen molar-refractivity contribution >= 4 is 48.9 Å². The van der Waals surface area contributed by atoms with Gasteiger partial charge in [-0.05, 0) is 69.4 Å². The van der Waals surface area contributed by atoms with E-state index in [1.54, 1.807) is 37.4 Å². The zero-order chi connectivity index (χ0) is 33.4. The van der Waals surface area contributed by atoms with Crippen LogP contribution in [0, 0.1) is 0 Å². The van der Waals surface area contributed by atoms with E-state index in [0.29, 0.717) is 23.7 Å². The van der Waals surface area contributed by atoms with Gasteiger partial charge in [-0.1, -0.05) is 105 Å². The van der Waals surface area contributed by atoms with Crippen LogP contribution < -0.4 is 21.0 Å². The monoisotopic (exact) mass is 661 g/mol. The summed E-state index contributed by atoms with van der Waals surface area (Å²) in [5.74, 6) is -0.372. The average molecular weight is 662 g/mol. The van der Waals surface area contributed by atoms with Crippen molar-refractivity contribution in [2.75, 3.05) is 7.05 Å². The molecule has 0 atom stereocenters. The van der Waals surface area contributed by atoms with Crippen LogP contribution in [-0.2, 0) is 27.8 Å². The van der Waals surface area contributed by atoms with Gasteiger partial charge in [-0.15, -0.1) is 0 Å². The molecule has 6 nitrogen and oxygen atoms in total. The molecule has 47 heavy (non-hydrogen) atoms. The molecule has 0 radical (unpaired) electrons. The number of amides is 2. The number of benzene rings is 4. The molecule has 2 N–H and O–H groups in total.